The summed E-state index contributed by atoms with van der Waals surface area (Å²) in [4.78, 5) is 23.6. The van der Waals surface area contributed by atoms with E-state index in [2.05, 4.69) is 12.1 Å². The Labute approximate surface area is 137 Å². The van der Waals surface area contributed by atoms with E-state index in [0.29, 0.717) is 6.42 Å². The van der Waals surface area contributed by atoms with Crippen LogP contribution in [0.3, 0.4) is 0 Å². The second kappa shape index (κ2) is 10.8. The van der Waals surface area contributed by atoms with Crippen LogP contribution in [0.5, 0.6) is 0 Å². The fourth-order valence-corrected chi connectivity index (χ4v) is 2.60. The van der Waals surface area contributed by atoms with Gasteiger partial charge in [-0.3, -0.25) is 4.79 Å². The molecule has 0 aliphatic rings. The highest BCUT2D eigenvalue weighted by molar-refractivity contribution is 5.83. The van der Waals surface area contributed by atoms with Gasteiger partial charge in [-0.25, -0.2) is 4.79 Å². The molecule has 23 heavy (non-hydrogen) atoms. The van der Waals surface area contributed by atoms with Gasteiger partial charge >= 0.3 is 11.9 Å². The molecule has 0 saturated carbocycles. The summed E-state index contributed by atoms with van der Waals surface area (Å²) in [5.74, 6) is -1.62. The summed E-state index contributed by atoms with van der Waals surface area (Å²) in [7, 11) is 3.99. The quantitative estimate of drug-likeness (QED) is 0.489. The van der Waals surface area contributed by atoms with E-state index in [1.165, 1.54) is 26.9 Å². The van der Waals surface area contributed by atoms with Crippen LogP contribution in [0.2, 0.25) is 0 Å². The molecule has 0 aliphatic heterocycles. The smallest absolute Gasteiger partial charge is 0.335 e. The predicted octanol–water partition coefficient (Wildman–Crippen LogP) is 2.77. The van der Waals surface area contributed by atoms with E-state index in [0.717, 1.165) is 25.7 Å². The number of carbonyl (C=O) groups excluding carboxylic acids is 2. The van der Waals surface area contributed by atoms with Crippen molar-refractivity contribution in [3.63, 3.8) is 0 Å². The van der Waals surface area contributed by atoms with Crippen LogP contribution in [-0.2, 0) is 30.2 Å². The second-order valence-corrected chi connectivity index (χ2v) is 5.39. The van der Waals surface area contributed by atoms with Crippen molar-refractivity contribution < 1.29 is 23.8 Å². The number of esters is 2. The summed E-state index contributed by atoms with van der Waals surface area (Å²) in [5, 5.41) is 0. The average Bonchev–Trinajstić information content (AvgIpc) is 2.60. The zero-order chi connectivity index (χ0) is 17.1. The van der Waals surface area contributed by atoms with Gasteiger partial charge < -0.3 is 14.2 Å². The standard InChI is InChI=1S/C18H26O5/c1-21-16(18(20)23-3)15(17(19)22-2)13-9-5-8-12-14-10-6-4-7-11-14/h4,6-7,10-11,15-16H,5,8-9,12-13H2,1-3H3/t15-,16+/m1/s1. The number of hydrogen-bond acceptors (Lipinski definition) is 5. The van der Waals surface area contributed by atoms with Crippen LogP contribution in [-0.4, -0.2) is 39.4 Å². The van der Waals surface area contributed by atoms with Crippen molar-refractivity contribution in [1.82, 2.24) is 0 Å². The number of ether oxygens (including phenoxy) is 3. The Hall–Kier alpha value is -1.88. The van der Waals surface area contributed by atoms with Crippen LogP contribution in [0.1, 0.15) is 31.2 Å². The molecule has 0 fully saturated rings. The molecule has 0 radical (unpaired) electrons. The Morgan fingerprint density at radius 1 is 0.913 bits per heavy atom. The summed E-state index contributed by atoms with van der Waals surface area (Å²) in [6.45, 7) is 0. The van der Waals surface area contributed by atoms with Gasteiger partial charge in [0.05, 0.1) is 20.1 Å². The molecule has 0 N–H and O–H groups in total. The third kappa shape index (κ3) is 6.40. The third-order valence-electron chi connectivity index (χ3n) is 3.88. The van der Waals surface area contributed by atoms with Crippen molar-refractivity contribution in [2.24, 2.45) is 5.92 Å². The highest BCUT2D eigenvalue weighted by Gasteiger charge is 2.35. The first-order valence-corrected chi connectivity index (χ1v) is 7.86. The minimum absolute atomic E-state index is 0.440. The van der Waals surface area contributed by atoms with E-state index >= 15 is 0 Å². The normalized spacial score (nSPS) is 13.2. The van der Waals surface area contributed by atoms with Crippen LogP contribution >= 0.6 is 0 Å². The van der Waals surface area contributed by atoms with Gasteiger partial charge in [0.2, 0.25) is 0 Å². The van der Waals surface area contributed by atoms with Crippen molar-refractivity contribution in [3.8, 4) is 0 Å². The van der Waals surface area contributed by atoms with E-state index in [4.69, 9.17) is 14.2 Å². The van der Waals surface area contributed by atoms with Crippen molar-refractivity contribution in [2.75, 3.05) is 21.3 Å². The molecular formula is C18H26O5. The molecular weight excluding hydrogens is 296 g/mol. The summed E-state index contributed by atoms with van der Waals surface area (Å²) < 4.78 is 14.6. The zero-order valence-electron chi connectivity index (χ0n) is 14.1. The van der Waals surface area contributed by atoms with E-state index in [1.807, 2.05) is 18.2 Å². The second-order valence-electron chi connectivity index (χ2n) is 5.39. The first-order valence-electron chi connectivity index (χ1n) is 7.86. The maximum absolute atomic E-state index is 11.9. The Morgan fingerprint density at radius 3 is 2.13 bits per heavy atom. The van der Waals surface area contributed by atoms with Crippen molar-refractivity contribution >= 4 is 11.9 Å². The topological polar surface area (TPSA) is 61.8 Å². The molecule has 1 aromatic rings. The number of benzene rings is 1. The fourth-order valence-electron chi connectivity index (χ4n) is 2.60. The maximum atomic E-state index is 11.9. The third-order valence-corrected chi connectivity index (χ3v) is 3.88. The fraction of sp³-hybridized carbons (Fsp3) is 0.556. The number of aryl methyl sites for hydroxylation is 1. The lowest BCUT2D eigenvalue weighted by Gasteiger charge is -2.21. The van der Waals surface area contributed by atoms with Gasteiger partial charge in [-0.05, 0) is 24.8 Å². The largest absolute Gasteiger partial charge is 0.469 e. The lowest BCUT2D eigenvalue weighted by Crippen LogP contribution is -2.38. The number of unbranched alkanes of at least 4 members (excludes halogenated alkanes) is 2. The Bertz CT molecular complexity index is 472. The summed E-state index contributed by atoms with van der Waals surface area (Å²) in [5.41, 5.74) is 1.31. The first-order chi connectivity index (χ1) is 11.1. The molecule has 0 bridgehead atoms. The lowest BCUT2D eigenvalue weighted by molar-refractivity contribution is -0.166. The molecule has 0 heterocycles. The van der Waals surface area contributed by atoms with Crippen molar-refractivity contribution in [2.45, 2.75) is 38.2 Å². The highest BCUT2D eigenvalue weighted by atomic mass is 16.6. The monoisotopic (exact) mass is 322 g/mol. The van der Waals surface area contributed by atoms with Crippen molar-refractivity contribution in [1.29, 1.82) is 0 Å². The highest BCUT2D eigenvalue weighted by Crippen LogP contribution is 2.20. The van der Waals surface area contributed by atoms with Gasteiger partial charge in [0.25, 0.3) is 0 Å². The van der Waals surface area contributed by atoms with Gasteiger partial charge in [-0.2, -0.15) is 0 Å². The molecule has 1 aromatic carbocycles. The summed E-state index contributed by atoms with van der Waals surface area (Å²) in [6.07, 6.45) is 3.46. The summed E-state index contributed by atoms with van der Waals surface area (Å²) >= 11 is 0. The van der Waals surface area contributed by atoms with Crippen LogP contribution in [0.25, 0.3) is 0 Å². The van der Waals surface area contributed by atoms with Crippen LogP contribution in [0, 0.1) is 5.92 Å². The summed E-state index contributed by atoms with van der Waals surface area (Å²) in [6, 6.07) is 10.3. The number of rotatable bonds is 10. The number of hydrogen-bond donors (Lipinski definition) is 0. The van der Waals surface area contributed by atoms with Gasteiger partial charge in [-0.15, -0.1) is 0 Å². The molecule has 1 rings (SSSR count). The van der Waals surface area contributed by atoms with Gasteiger partial charge in [0, 0.05) is 7.11 Å². The van der Waals surface area contributed by atoms with Gasteiger partial charge in [-0.1, -0.05) is 43.2 Å². The maximum Gasteiger partial charge on any atom is 0.335 e. The van der Waals surface area contributed by atoms with E-state index < -0.39 is 24.0 Å². The molecule has 0 aromatic heterocycles. The molecule has 128 valence electrons. The minimum atomic E-state index is -0.915. The van der Waals surface area contributed by atoms with E-state index in [9.17, 15) is 9.59 Å². The number of methoxy groups -OCH3 is 3. The van der Waals surface area contributed by atoms with Crippen LogP contribution in [0.4, 0.5) is 0 Å². The zero-order valence-corrected chi connectivity index (χ0v) is 14.1. The molecule has 2 atom stereocenters. The molecule has 0 spiro atoms. The van der Waals surface area contributed by atoms with Gasteiger partial charge in [0.15, 0.2) is 6.10 Å². The Kier molecular flexibility index (Phi) is 8.98. The minimum Gasteiger partial charge on any atom is -0.469 e. The predicted molar refractivity (Wildman–Crippen MR) is 86.9 cm³/mol. The molecule has 0 aliphatic carbocycles. The SMILES string of the molecule is COC(=O)[C@@H](OC)[C@@H](CCCCCc1ccccc1)C(=O)OC. The molecule has 5 nitrogen and oxygen atoms in total. The molecule has 0 amide bonds. The Balaban J connectivity index is 2.45. The average molecular weight is 322 g/mol. The van der Waals surface area contributed by atoms with Crippen LogP contribution in [0.15, 0.2) is 30.3 Å². The Morgan fingerprint density at radius 2 is 1.57 bits per heavy atom. The van der Waals surface area contributed by atoms with Crippen LogP contribution < -0.4 is 0 Å². The van der Waals surface area contributed by atoms with E-state index in [1.54, 1.807) is 0 Å². The van der Waals surface area contributed by atoms with Crippen molar-refractivity contribution in [3.05, 3.63) is 35.9 Å². The number of carbonyl (C=O) groups is 2. The molecule has 0 saturated heterocycles. The first kappa shape index (κ1) is 19.2. The van der Waals surface area contributed by atoms with Gasteiger partial charge in [0.1, 0.15) is 0 Å². The molecule has 0 unspecified atom stereocenters. The lowest BCUT2D eigenvalue weighted by atomic mass is 9.94. The van der Waals surface area contributed by atoms with E-state index in [-0.39, 0.29) is 0 Å². The molecule has 5 heteroatoms.